The van der Waals surface area contributed by atoms with Crippen LogP contribution in [0.1, 0.15) is 35.2 Å². The zero-order valence-electron chi connectivity index (χ0n) is 16.9. The molecule has 154 valence electrons. The van der Waals surface area contributed by atoms with Gasteiger partial charge in [0.15, 0.2) is 5.96 Å². The minimum atomic E-state index is -0.191. The van der Waals surface area contributed by atoms with Crippen molar-refractivity contribution in [2.24, 2.45) is 4.99 Å². The van der Waals surface area contributed by atoms with Crippen molar-refractivity contribution in [3.63, 3.8) is 0 Å². The Morgan fingerprint density at radius 3 is 2.69 bits per heavy atom. The van der Waals surface area contributed by atoms with E-state index in [-0.39, 0.29) is 35.8 Å². The van der Waals surface area contributed by atoms with Crippen LogP contribution in [-0.2, 0) is 13.1 Å². The maximum atomic E-state index is 13.8. The number of benzene rings is 2. The molecule has 0 radical (unpaired) electrons. The molecule has 29 heavy (non-hydrogen) atoms. The molecule has 0 aliphatic rings. The van der Waals surface area contributed by atoms with Crippen molar-refractivity contribution in [1.29, 1.82) is 0 Å². The number of nitrogens with zero attached hydrogens (tertiary/aromatic N) is 3. The van der Waals surface area contributed by atoms with Crippen LogP contribution in [0.3, 0.4) is 0 Å². The van der Waals surface area contributed by atoms with Crippen LogP contribution in [0.2, 0.25) is 0 Å². The van der Waals surface area contributed by atoms with Crippen LogP contribution in [-0.4, -0.2) is 22.6 Å². The smallest absolute Gasteiger partial charge is 0.191 e. The molecule has 1 unspecified atom stereocenters. The van der Waals surface area contributed by atoms with Crippen molar-refractivity contribution >= 4 is 29.9 Å². The molecule has 0 fully saturated rings. The zero-order valence-corrected chi connectivity index (χ0v) is 19.2. The summed E-state index contributed by atoms with van der Waals surface area (Å²) < 4.78 is 15.9. The maximum absolute atomic E-state index is 13.8. The number of aromatic nitrogens is 2. The highest BCUT2D eigenvalue weighted by molar-refractivity contribution is 14.0. The van der Waals surface area contributed by atoms with E-state index in [2.05, 4.69) is 44.9 Å². The van der Waals surface area contributed by atoms with Gasteiger partial charge in [-0.2, -0.15) is 0 Å². The number of aliphatic imine (C=N–C) groups is 1. The Kier molecular flexibility index (Phi) is 8.63. The maximum Gasteiger partial charge on any atom is 0.191 e. The number of halogens is 2. The van der Waals surface area contributed by atoms with Crippen LogP contribution in [0.15, 0.2) is 66.2 Å². The number of imidazole rings is 1. The van der Waals surface area contributed by atoms with Crippen molar-refractivity contribution in [3.05, 3.63) is 89.3 Å². The largest absolute Gasteiger partial charge is 0.352 e. The molecule has 7 heteroatoms. The molecule has 5 nitrogen and oxygen atoms in total. The highest BCUT2D eigenvalue weighted by Gasteiger charge is 2.10. The lowest BCUT2D eigenvalue weighted by molar-refractivity contribution is 0.607. The lowest BCUT2D eigenvalue weighted by Crippen LogP contribution is -2.38. The molecule has 0 aliphatic carbocycles. The number of hydrogen-bond donors (Lipinski definition) is 2. The predicted octanol–water partition coefficient (Wildman–Crippen LogP) is 4.42. The highest BCUT2D eigenvalue weighted by Crippen LogP contribution is 2.16. The molecule has 1 atom stereocenters. The molecule has 0 aliphatic heterocycles. The number of hydrogen-bond acceptors (Lipinski definition) is 2. The number of rotatable bonds is 6. The quantitative estimate of drug-likeness (QED) is 0.295. The minimum Gasteiger partial charge on any atom is -0.352 e. The fourth-order valence-electron chi connectivity index (χ4n) is 2.98. The standard InChI is InChI=1S/C22H26FN5.HI/c1-16-7-8-20(12-21(16)23)17(2)27-22(24-3)26-13-18-5-4-6-19(11-18)14-28-10-9-25-15-28;/h4-12,15,17H,13-14H2,1-3H3,(H2,24,26,27);1H. The summed E-state index contributed by atoms with van der Waals surface area (Å²) in [5.41, 5.74) is 3.90. The number of nitrogens with one attached hydrogen (secondary N) is 2. The number of aryl methyl sites for hydroxylation is 1. The monoisotopic (exact) mass is 507 g/mol. The van der Waals surface area contributed by atoms with Gasteiger partial charge in [-0.25, -0.2) is 9.37 Å². The average Bonchev–Trinajstić information content (AvgIpc) is 3.20. The minimum absolute atomic E-state index is 0. The Hall–Kier alpha value is -2.42. The molecule has 1 heterocycles. The molecular weight excluding hydrogens is 480 g/mol. The van der Waals surface area contributed by atoms with Crippen molar-refractivity contribution in [2.75, 3.05) is 7.05 Å². The molecule has 0 saturated carbocycles. The van der Waals surface area contributed by atoms with E-state index in [0.717, 1.165) is 17.7 Å². The van der Waals surface area contributed by atoms with Gasteiger partial charge < -0.3 is 15.2 Å². The summed E-state index contributed by atoms with van der Waals surface area (Å²) in [5.74, 6) is 0.484. The van der Waals surface area contributed by atoms with E-state index in [0.29, 0.717) is 18.1 Å². The zero-order chi connectivity index (χ0) is 19.9. The summed E-state index contributed by atoms with van der Waals surface area (Å²) in [6.45, 7) is 5.19. The van der Waals surface area contributed by atoms with Crippen molar-refractivity contribution in [3.8, 4) is 0 Å². The van der Waals surface area contributed by atoms with Crippen LogP contribution in [0.25, 0.3) is 0 Å². The SMILES string of the molecule is CN=C(NCc1cccc(Cn2ccnc2)c1)NC(C)c1ccc(C)c(F)c1.I. The van der Waals surface area contributed by atoms with Gasteiger partial charge in [0.25, 0.3) is 0 Å². The Morgan fingerprint density at radius 2 is 2.00 bits per heavy atom. The first-order valence-corrected chi connectivity index (χ1v) is 9.32. The lowest BCUT2D eigenvalue weighted by Gasteiger charge is -2.19. The van der Waals surface area contributed by atoms with E-state index in [9.17, 15) is 4.39 Å². The Bertz CT molecular complexity index is 940. The van der Waals surface area contributed by atoms with E-state index in [1.54, 1.807) is 32.3 Å². The second-order valence-electron chi connectivity index (χ2n) is 6.86. The van der Waals surface area contributed by atoms with Crippen LogP contribution in [0, 0.1) is 12.7 Å². The van der Waals surface area contributed by atoms with Crippen LogP contribution < -0.4 is 10.6 Å². The predicted molar refractivity (Wildman–Crippen MR) is 126 cm³/mol. The Balaban J connectivity index is 0.00000300. The first-order chi connectivity index (χ1) is 13.5. The van der Waals surface area contributed by atoms with Gasteiger partial charge in [0, 0.05) is 32.5 Å². The summed E-state index contributed by atoms with van der Waals surface area (Å²) >= 11 is 0. The van der Waals surface area contributed by atoms with E-state index in [1.807, 2.05) is 30.1 Å². The molecular formula is C22H27FIN5. The molecule has 3 rings (SSSR count). The second kappa shape index (κ2) is 10.9. The topological polar surface area (TPSA) is 54.2 Å². The van der Waals surface area contributed by atoms with Gasteiger partial charge in [-0.1, -0.05) is 36.4 Å². The number of guanidine groups is 1. The molecule has 1 aromatic heterocycles. The fourth-order valence-corrected chi connectivity index (χ4v) is 2.98. The van der Waals surface area contributed by atoms with Crippen LogP contribution >= 0.6 is 24.0 Å². The third-order valence-corrected chi connectivity index (χ3v) is 4.65. The van der Waals surface area contributed by atoms with E-state index >= 15 is 0 Å². The molecule has 2 N–H and O–H groups in total. The molecule has 0 bridgehead atoms. The molecule has 0 amide bonds. The van der Waals surface area contributed by atoms with Gasteiger partial charge in [-0.3, -0.25) is 4.99 Å². The van der Waals surface area contributed by atoms with Gasteiger partial charge in [0.2, 0.25) is 0 Å². The third-order valence-electron chi connectivity index (χ3n) is 4.65. The summed E-state index contributed by atoms with van der Waals surface area (Å²) in [7, 11) is 1.73. The summed E-state index contributed by atoms with van der Waals surface area (Å²) in [5, 5.41) is 6.64. The fraction of sp³-hybridized carbons (Fsp3) is 0.273. The van der Waals surface area contributed by atoms with Crippen molar-refractivity contribution < 1.29 is 4.39 Å². The van der Waals surface area contributed by atoms with E-state index < -0.39 is 0 Å². The van der Waals surface area contributed by atoms with Crippen LogP contribution in [0.4, 0.5) is 4.39 Å². The van der Waals surface area contributed by atoms with Gasteiger partial charge in [0.05, 0.1) is 12.4 Å². The first kappa shape index (κ1) is 22.9. The van der Waals surface area contributed by atoms with Crippen LogP contribution in [0.5, 0.6) is 0 Å². The third kappa shape index (κ3) is 6.56. The molecule has 2 aromatic carbocycles. The lowest BCUT2D eigenvalue weighted by atomic mass is 10.1. The van der Waals surface area contributed by atoms with E-state index in [4.69, 9.17) is 0 Å². The average molecular weight is 507 g/mol. The summed E-state index contributed by atoms with van der Waals surface area (Å²) in [6.07, 6.45) is 5.54. The normalized spacial score (nSPS) is 12.2. The van der Waals surface area contributed by atoms with Crippen molar-refractivity contribution in [2.45, 2.75) is 33.0 Å². The van der Waals surface area contributed by atoms with Gasteiger partial charge in [-0.05, 0) is 42.2 Å². The van der Waals surface area contributed by atoms with Crippen molar-refractivity contribution in [1.82, 2.24) is 20.2 Å². The van der Waals surface area contributed by atoms with Gasteiger partial charge in [0.1, 0.15) is 5.82 Å². The molecule has 0 spiro atoms. The highest BCUT2D eigenvalue weighted by atomic mass is 127. The summed E-state index contributed by atoms with van der Waals surface area (Å²) in [6, 6.07) is 13.6. The van der Waals surface area contributed by atoms with Gasteiger partial charge >= 0.3 is 0 Å². The van der Waals surface area contributed by atoms with E-state index in [1.165, 1.54) is 5.56 Å². The van der Waals surface area contributed by atoms with Gasteiger partial charge in [-0.15, -0.1) is 24.0 Å². The molecule has 0 saturated heterocycles. The Morgan fingerprint density at radius 1 is 1.21 bits per heavy atom. The second-order valence-corrected chi connectivity index (χ2v) is 6.86. The first-order valence-electron chi connectivity index (χ1n) is 9.32. The molecule has 3 aromatic rings. The Labute approximate surface area is 188 Å². The summed E-state index contributed by atoms with van der Waals surface area (Å²) in [4.78, 5) is 8.36.